The molecule has 1 aliphatic heterocycles. The number of amides is 1. The second kappa shape index (κ2) is 7.66. The summed E-state index contributed by atoms with van der Waals surface area (Å²) in [5, 5.41) is 0.0933. The summed E-state index contributed by atoms with van der Waals surface area (Å²) in [6.45, 7) is 16.8. The topological polar surface area (TPSA) is 65.1 Å². The van der Waals surface area contributed by atoms with Crippen molar-refractivity contribution in [3.63, 3.8) is 0 Å². The summed E-state index contributed by atoms with van der Waals surface area (Å²) in [4.78, 5) is 26.2. The van der Waals surface area contributed by atoms with Gasteiger partial charge in [-0.05, 0) is 45.3 Å². The lowest BCUT2D eigenvalue weighted by atomic mass is 10.00. The predicted molar refractivity (Wildman–Crippen MR) is 100 cm³/mol. The van der Waals surface area contributed by atoms with E-state index >= 15 is 0 Å². The van der Waals surface area contributed by atoms with Gasteiger partial charge in [-0.3, -0.25) is 4.90 Å². The van der Waals surface area contributed by atoms with Crippen LogP contribution in [0, 0.1) is 0 Å². The maximum Gasteiger partial charge on any atom is 0.411 e. The Bertz CT molecular complexity index is 493. The van der Waals surface area contributed by atoms with Gasteiger partial charge >= 0.3 is 12.1 Å². The van der Waals surface area contributed by atoms with Crippen molar-refractivity contribution in [1.82, 2.24) is 4.90 Å². The third-order valence-electron chi connectivity index (χ3n) is 4.92. The molecule has 0 aromatic carbocycles. The largest absolute Gasteiger partial charge is 0.467 e. The quantitative estimate of drug-likeness (QED) is 0.553. The molecule has 1 rings (SSSR count). The Labute approximate surface area is 153 Å². The van der Waals surface area contributed by atoms with Crippen molar-refractivity contribution in [2.75, 3.05) is 13.7 Å². The number of esters is 1. The summed E-state index contributed by atoms with van der Waals surface area (Å²) in [6, 6.07) is -0.664. The minimum absolute atomic E-state index is 0.0521. The molecule has 0 unspecified atom stereocenters. The lowest BCUT2D eigenvalue weighted by molar-refractivity contribution is -0.149. The molecule has 1 saturated heterocycles. The van der Waals surface area contributed by atoms with Crippen LogP contribution in [0.15, 0.2) is 0 Å². The van der Waals surface area contributed by atoms with Crippen molar-refractivity contribution in [1.29, 1.82) is 0 Å². The average Bonchev–Trinajstić information content (AvgIpc) is 2.42. The highest BCUT2D eigenvalue weighted by Gasteiger charge is 2.44. The lowest BCUT2D eigenvalue weighted by Gasteiger charge is -2.43. The molecule has 1 aliphatic rings. The first-order valence-corrected chi connectivity index (χ1v) is 11.8. The Balaban J connectivity index is 2.89. The van der Waals surface area contributed by atoms with E-state index in [4.69, 9.17) is 13.9 Å². The van der Waals surface area contributed by atoms with E-state index in [1.54, 1.807) is 0 Å². The number of hydrogen-bond donors (Lipinski definition) is 0. The van der Waals surface area contributed by atoms with Crippen LogP contribution in [0.25, 0.3) is 0 Å². The number of nitrogens with zero attached hydrogens (tertiary/aromatic N) is 1. The molecule has 7 heteroatoms. The Kier molecular flexibility index (Phi) is 6.73. The maximum absolute atomic E-state index is 12.5. The maximum atomic E-state index is 12.5. The molecule has 6 nitrogen and oxygen atoms in total. The fourth-order valence-electron chi connectivity index (χ4n) is 2.53. The fourth-order valence-corrected chi connectivity index (χ4v) is 3.93. The van der Waals surface area contributed by atoms with E-state index in [9.17, 15) is 9.59 Å². The van der Waals surface area contributed by atoms with E-state index in [0.717, 1.165) is 0 Å². The number of piperidine rings is 1. The Morgan fingerprint density at radius 3 is 2.08 bits per heavy atom. The van der Waals surface area contributed by atoms with E-state index < -0.39 is 32.0 Å². The number of hydrogen-bond acceptors (Lipinski definition) is 5. The monoisotopic (exact) mass is 373 g/mol. The van der Waals surface area contributed by atoms with Gasteiger partial charge in [0.15, 0.2) is 8.32 Å². The molecule has 1 heterocycles. The van der Waals surface area contributed by atoms with Gasteiger partial charge in [0.25, 0.3) is 0 Å². The zero-order chi connectivity index (χ0) is 19.6. The van der Waals surface area contributed by atoms with Gasteiger partial charge < -0.3 is 13.9 Å². The van der Waals surface area contributed by atoms with E-state index in [1.165, 1.54) is 12.0 Å². The summed E-state index contributed by atoms with van der Waals surface area (Å²) < 4.78 is 16.8. The molecule has 146 valence electrons. The van der Waals surface area contributed by atoms with Crippen molar-refractivity contribution in [2.45, 2.75) is 90.3 Å². The van der Waals surface area contributed by atoms with Gasteiger partial charge in [-0.2, -0.15) is 0 Å². The molecule has 1 amide bonds. The number of likely N-dealkylation sites (tertiary alicyclic amines) is 1. The summed E-state index contributed by atoms with van der Waals surface area (Å²) in [7, 11) is -0.600. The molecule has 0 spiro atoms. The van der Waals surface area contributed by atoms with Crippen LogP contribution in [0.1, 0.15) is 54.4 Å². The van der Waals surface area contributed by atoms with Gasteiger partial charge in [-0.15, -0.1) is 0 Å². The Morgan fingerprint density at radius 2 is 1.64 bits per heavy atom. The number of carbonyl (C=O) groups excluding carboxylic acids is 2. The van der Waals surface area contributed by atoms with Crippen LogP contribution in [0.4, 0.5) is 4.79 Å². The average molecular weight is 374 g/mol. The Morgan fingerprint density at radius 1 is 1.08 bits per heavy atom. The Hall–Kier alpha value is -1.08. The van der Waals surface area contributed by atoms with E-state index in [0.29, 0.717) is 19.4 Å². The van der Waals surface area contributed by atoms with Crippen molar-refractivity contribution in [3.05, 3.63) is 0 Å². The zero-order valence-corrected chi connectivity index (χ0v) is 18.3. The molecule has 2 atom stereocenters. The van der Waals surface area contributed by atoms with Crippen LogP contribution < -0.4 is 0 Å². The molecule has 0 aliphatic carbocycles. The molecule has 0 aromatic rings. The van der Waals surface area contributed by atoms with E-state index in [1.807, 2.05) is 20.8 Å². The van der Waals surface area contributed by atoms with Crippen LogP contribution in [0.5, 0.6) is 0 Å². The summed E-state index contributed by atoms with van der Waals surface area (Å²) in [5.74, 6) is -0.422. The molecular formula is C18H35NO5Si. The minimum atomic E-state index is -1.94. The van der Waals surface area contributed by atoms with Crippen LogP contribution in [-0.2, 0) is 18.7 Å². The smallest absolute Gasteiger partial charge is 0.411 e. The first kappa shape index (κ1) is 22.0. The molecule has 0 radical (unpaired) electrons. The number of carbonyl (C=O) groups is 2. The van der Waals surface area contributed by atoms with Gasteiger partial charge in [0.1, 0.15) is 11.6 Å². The van der Waals surface area contributed by atoms with Gasteiger partial charge in [-0.25, -0.2) is 9.59 Å². The summed E-state index contributed by atoms with van der Waals surface area (Å²) in [5.41, 5.74) is -0.605. The second-order valence-electron chi connectivity index (χ2n) is 9.24. The van der Waals surface area contributed by atoms with Crippen LogP contribution >= 0.6 is 0 Å². The van der Waals surface area contributed by atoms with Crippen molar-refractivity contribution in [2.24, 2.45) is 0 Å². The highest BCUT2D eigenvalue weighted by Crippen LogP contribution is 2.39. The van der Waals surface area contributed by atoms with Crippen LogP contribution in [0.3, 0.4) is 0 Å². The first-order chi connectivity index (χ1) is 11.2. The van der Waals surface area contributed by atoms with Gasteiger partial charge in [0.2, 0.25) is 0 Å². The summed E-state index contributed by atoms with van der Waals surface area (Å²) >= 11 is 0. The molecule has 1 fully saturated rings. The molecule has 0 saturated carbocycles. The normalized spacial score (nSPS) is 22.5. The number of methoxy groups -OCH3 is 1. The third kappa shape index (κ3) is 5.99. The predicted octanol–water partition coefficient (Wildman–Crippen LogP) is 3.95. The number of rotatable bonds is 3. The van der Waals surface area contributed by atoms with Crippen LogP contribution in [0.2, 0.25) is 18.1 Å². The van der Waals surface area contributed by atoms with Crippen molar-refractivity contribution in [3.8, 4) is 0 Å². The lowest BCUT2D eigenvalue weighted by Crippen LogP contribution is -2.55. The van der Waals surface area contributed by atoms with Gasteiger partial charge in [0, 0.05) is 19.1 Å². The van der Waals surface area contributed by atoms with Crippen molar-refractivity contribution < 1.29 is 23.5 Å². The van der Waals surface area contributed by atoms with E-state index in [-0.39, 0.29) is 11.1 Å². The molecule has 0 bridgehead atoms. The first-order valence-electron chi connectivity index (χ1n) is 8.93. The van der Waals surface area contributed by atoms with Crippen LogP contribution in [-0.4, -0.2) is 56.7 Å². The van der Waals surface area contributed by atoms with Gasteiger partial charge in [0.05, 0.1) is 7.11 Å². The van der Waals surface area contributed by atoms with E-state index in [2.05, 4.69) is 33.9 Å². The fraction of sp³-hybridized carbons (Fsp3) is 0.889. The highest BCUT2D eigenvalue weighted by atomic mass is 28.4. The summed E-state index contributed by atoms with van der Waals surface area (Å²) in [6.07, 6.45) is 0.606. The highest BCUT2D eigenvalue weighted by molar-refractivity contribution is 6.74. The zero-order valence-electron chi connectivity index (χ0n) is 17.3. The second-order valence-corrected chi connectivity index (χ2v) is 14.0. The van der Waals surface area contributed by atoms with Gasteiger partial charge in [-0.1, -0.05) is 20.8 Å². The molecular weight excluding hydrogens is 338 g/mol. The minimum Gasteiger partial charge on any atom is -0.467 e. The standard InChI is InChI=1S/C18H35NO5Si/c1-17(2,3)23-16(21)19-11-10-13(12-14(19)15(20)22-7)24-25(8,9)18(4,5)6/h13-14H,10-12H2,1-9H3/t13-,14+/m1/s1. The van der Waals surface area contributed by atoms with Crippen molar-refractivity contribution >= 4 is 20.4 Å². The molecule has 25 heavy (non-hydrogen) atoms. The SMILES string of the molecule is COC(=O)[C@@H]1C[C@H](O[Si](C)(C)C(C)(C)C)CCN1C(=O)OC(C)(C)C. The molecule has 0 N–H and O–H groups in total. The molecule has 0 aromatic heterocycles. The third-order valence-corrected chi connectivity index (χ3v) is 9.46. The number of ether oxygens (including phenoxy) is 2.